The van der Waals surface area contributed by atoms with E-state index in [1.165, 1.54) is 48.6 Å². The highest BCUT2D eigenvalue weighted by Gasteiger charge is 2.30. The molecule has 0 bridgehead atoms. The third kappa shape index (κ3) is 4.95. The quantitative estimate of drug-likeness (QED) is 0.256. The summed E-state index contributed by atoms with van der Waals surface area (Å²) in [5, 5.41) is 8.96. The minimum absolute atomic E-state index is 0.0327. The van der Waals surface area contributed by atoms with Crippen LogP contribution < -0.4 is 0 Å². The molecule has 0 atom stereocenters. The second kappa shape index (κ2) is 8.66. The van der Waals surface area contributed by atoms with Gasteiger partial charge in [0.2, 0.25) is 5.78 Å². The first kappa shape index (κ1) is 21.9. The van der Waals surface area contributed by atoms with Crippen molar-refractivity contribution >= 4 is 17.8 Å². The molecule has 0 saturated heterocycles. The normalized spacial score (nSPS) is 11.7. The molecule has 1 N–H and O–H groups in total. The van der Waals surface area contributed by atoms with Crippen molar-refractivity contribution in [2.24, 2.45) is 0 Å². The van der Waals surface area contributed by atoms with Crippen LogP contribution in [0.5, 0.6) is 0 Å². The fourth-order valence-electron chi connectivity index (χ4n) is 3.09. The van der Waals surface area contributed by atoms with E-state index in [1.807, 2.05) is 0 Å². The van der Waals surface area contributed by atoms with Crippen molar-refractivity contribution in [3.63, 3.8) is 0 Å². The highest BCUT2D eigenvalue weighted by Crippen LogP contribution is 2.32. The molecule has 0 aliphatic rings. The fourth-order valence-corrected chi connectivity index (χ4v) is 3.09. The molecule has 0 amide bonds. The maximum absolute atomic E-state index is 12.9. The van der Waals surface area contributed by atoms with Crippen molar-refractivity contribution in [2.45, 2.75) is 6.18 Å². The van der Waals surface area contributed by atoms with Crippen molar-refractivity contribution in [1.82, 2.24) is 0 Å². The number of carbonyl (C=O) groups excluding carboxylic acids is 1. The number of furan rings is 2. The van der Waals surface area contributed by atoms with Crippen molar-refractivity contribution in [3.05, 3.63) is 102 Å². The second-order valence-electron chi connectivity index (χ2n) is 7.02. The zero-order valence-electron chi connectivity index (χ0n) is 16.8. The molecule has 33 heavy (non-hydrogen) atoms. The lowest BCUT2D eigenvalue weighted by molar-refractivity contribution is -0.137. The molecule has 0 radical (unpaired) electrons. The zero-order chi connectivity index (χ0) is 23.6. The molecule has 0 spiro atoms. The molecular formula is C25H15F3O5. The van der Waals surface area contributed by atoms with E-state index in [4.69, 9.17) is 13.9 Å². The number of aromatic carboxylic acids is 1. The third-order valence-electron chi connectivity index (χ3n) is 4.77. The lowest BCUT2D eigenvalue weighted by Gasteiger charge is -2.07. The summed E-state index contributed by atoms with van der Waals surface area (Å²) >= 11 is 0. The van der Waals surface area contributed by atoms with Crippen LogP contribution in [0.15, 0.2) is 87.7 Å². The molecule has 8 heteroatoms. The molecule has 2 aromatic heterocycles. The lowest BCUT2D eigenvalue weighted by atomic mass is 10.1. The van der Waals surface area contributed by atoms with E-state index in [9.17, 15) is 22.8 Å². The first-order valence-electron chi connectivity index (χ1n) is 9.64. The van der Waals surface area contributed by atoms with Crippen molar-refractivity contribution in [3.8, 4) is 22.6 Å². The Labute approximate surface area is 185 Å². The van der Waals surface area contributed by atoms with Crippen LogP contribution in [0.1, 0.15) is 32.2 Å². The van der Waals surface area contributed by atoms with Crippen LogP contribution in [0.3, 0.4) is 0 Å². The average molecular weight is 452 g/mol. The summed E-state index contributed by atoms with van der Waals surface area (Å²) in [5.41, 5.74) is 0.217. The Bertz CT molecular complexity index is 1340. The molecule has 166 valence electrons. The van der Waals surface area contributed by atoms with Gasteiger partial charge in [-0.1, -0.05) is 24.3 Å². The van der Waals surface area contributed by atoms with Gasteiger partial charge in [-0.15, -0.1) is 0 Å². The van der Waals surface area contributed by atoms with Gasteiger partial charge in [0.25, 0.3) is 0 Å². The Kier molecular flexibility index (Phi) is 5.74. The van der Waals surface area contributed by atoms with E-state index in [0.29, 0.717) is 17.1 Å². The Hall–Kier alpha value is -4.33. The van der Waals surface area contributed by atoms with Crippen molar-refractivity contribution < 1.29 is 36.7 Å². The van der Waals surface area contributed by atoms with E-state index >= 15 is 0 Å². The van der Waals surface area contributed by atoms with E-state index in [0.717, 1.165) is 12.1 Å². The van der Waals surface area contributed by atoms with Crippen molar-refractivity contribution in [2.75, 3.05) is 0 Å². The number of hydrogen-bond acceptors (Lipinski definition) is 4. The minimum atomic E-state index is -4.48. The first-order valence-corrected chi connectivity index (χ1v) is 9.64. The molecule has 5 nitrogen and oxygen atoms in total. The number of rotatable bonds is 6. The fraction of sp³-hybridized carbons (Fsp3) is 0.0400. The number of carboxylic acids is 1. The third-order valence-corrected chi connectivity index (χ3v) is 4.77. The molecule has 2 aromatic carbocycles. The summed E-state index contributed by atoms with van der Waals surface area (Å²) in [4.78, 5) is 23.3. The Morgan fingerprint density at radius 2 is 1.52 bits per heavy atom. The summed E-state index contributed by atoms with van der Waals surface area (Å²) in [6, 6.07) is 16.9. The Morgan fingerprint density at radius 3 is 2.21 bits per heavy atom. The van der Waals surface area contributed by atoms with Crippen LogP contribution in [0.4, 0.5) is 13.2 Å². The second-order valence-corrected chi connectivity index (χ2v) is 7.02. The zero-order valence-corrected chi connectivity index (χ0v) is 16.8. The summed E-state index contributed by atoms with van der Waals surface area (Å²) in [7, 11) is 0. The van der Waals surface area contributed by atoms with Gasteiger partial charge in [0.15, 0.2) is 5.76 Å². The first-order chi connectivity index (χ1) is 15.7. The lowest BCUT2D eigenvalue weighted by Crippen LogP contribution is -2.04. The monoisotopic (exact) mass is 452 g/mol. The molecule has 0 aliphatic heterocycles. The van der Waals surface area contributed by atoms with Crippen LogP contribution in [0, 0.1) is 0 Å². The predicted octanol–water partition coefficient (Wildman–Crippen LogP) is 6.82. The molecule has 0 fully saturated rings. The molecule has 4 aromatic rings. The molecule has 2 heterocycles. The number of allylic oxidation sites excluding steroid dienone is 1. The molecule has 0 unspecified atom stereocenters. The highest BCUT2D eigenvalue weighted by molar-refractivity contribution is 6.05. The van der Waals surface area contributed by atoms with Gasteiger partial charge in [-0.2, -0.15) is 13.2 Å². The summed E-state index contributed by atoms with van der Waals surface area (Å²) in [5.74, 6) is -0.541. The summed E-state index contributed by atoms with van der Waals surface area (Å²) < 4.78 is 49.8. The minimum Gasteiger partial charge on any atom is -0.478 e. The summed E-state index contributed by atoms with van der Waals surface area (Å²) in [6.07, 6.45) is -1.82. The highest BCUT2D eigenvalue weighted by atomic mass is 19.4. The van der Waals surface area contributed by atoms with Gasteiger partial charge in [0, 0.05) is 11.1 Å². The maximum Gasteiger partial charge on any atom is 0.416 e. The van der Waals surface area contributed by atoms with Gasteiger partial charge in [-0.25, -0.2) is 4.79 Å². The number of halogens is 3. The number of benzene rings is 2. The van der Waals surface area contributed by atoms with E-state index in [1.54, 1.807) is 24.3 Å². The van der Waals surface area contributed by atoms with Crippen LogP contribution in [0.2, 0.25) is 0 Å². The van der Waals surface area contributed by atoms with Crippen molar-refractivity contribution in [1.29, 1.82) is 0 Å². The number of hydrogen-bond donors (Lipinski definition) is 1. The molecular weight excluding hydrogens is 437 g/mol. The van der Waals surface area contributed by atoms with Gasteiger partial charge in [-0.3, -0.25) is 4.79 Å². The van der Waals surface area contributed by atoms with Crippen LogP contribution in [-0.4, -0.2) is 16.9 Å². The number of alkyl halides is 3. The molecule has 0 aliphatic carbocycles. The average Bonchev–Trinajstić information content (AvgIpc) is 3.47. The van der Waals surface area contributed by atoms with E-state index < -0.39 is 23.5 Å². The number of carboxylic acid groups (broad SMARTS) is 1. The number of carbonyl (C=O) groups is 2. The maximum atomic E-state index is 12.9. The predicted molar refractivity (Wildman–Crippen MR) is 114 cm³/mol. The molecule has 0 saturated carbocycles. The van der Waals surface area contributed by atoms with Crippen LogP contribution in [-0.2, 0) is 6.18 Å². The standard InChI is InChI=1S/C25H15F3O5/c26-25(27,28)18-3-1-2-17(14-18)22-12-13-23(33-22)20(29)10-8-19-9-11-21(32-19)15-4-6-16(7-5-15)24(30)31/h1-14H,(H,30,31)/b10-8+. The van der Waals surface area contributed by atoms with Crippen LogP contribution in [0.25, 0.3) is 28.7 Å². The topological polar surface area (TPSA) is 80.6 Å². The smallest absolute Gasteiger partial charge is 0.416 e. The number of ketones is 1. The Morgan fingerprint density at radius 1 is 0.818 bits per heavy atom. The Balaban J connectivity index is 1.47. The van der Waals surface area contributed by atoms with E-state index in [-0.39, 0.29) is 22.6 Å². The van der Waals surface area contributed by atoms with E-state index in [2.05, 4.69) is 0 Å². The summed E-state index contributed by atoms with van der Waals surface area (Å²) in [6.45, 7) is 0. The van der Waals surface area contributed by atoms with Crippen LogP contribution >= 0.6 is 0 Å². The largest absolute Gasteiger partial charge is 0.478 e. The van der Waals surface area contributed by atoms with Gasteiger partial charge < -0.3 is 13.9 Å². The van der Waals surface area contributed by atoms with Gasteiger partial charge in [0.1, 0.15) is 17.3 Å². The van der Waals surface area contributed by atoms with Gasteiger partial charge >= 0.3 is 12.1 Å². The van der Waals surface area contributed by atoms with Gasteiger partial charge in [-0.05, 0) is 60.7 Å². The SMILES string of the molecule is O=C(O)c1ccc(-c2ccc(/C=C/C(=O)c3ccc(-c4cccc(C(F)(F)F)c4)o3)o2)cc1. The van der Waals surface area contributed by atoms with Gasteiger partial charge in [0.05, 0.1) is 11.1 Å². The molecule has 4 rings (SSSR count).